The van der Waals surface area contributed by atoms with Crippen LogP contribution in [0.1, 0.15) is 187 Å². The summed E-state index contributed by atoms with van der Waals surface area (Å²) in [7, 11) is 0. The van der Waals surface area contributed by atoms with E-state index in [4.69, 9.17) is 18.9 Å². The monoisotopic (exact) mass is 928 g/mol. The van der Waals surface area contributed by atoms with Crippen molar-refractivity contribution in [2.75, 3.05) is 19.8 Å². The van der Waals surface area contributed by atoms with E-state index in [9.17, 15) is 45.6 Å². The van der Waals surface area contributed by atoms with Crippen molar-refractivity contribution in [3.8, 4) is 0 Å². The fourth-order valence-electron chi connectivity index (χ4n) is 8.30. The Labute approximate surface area is 391 Å². The van der Waals surface area contributed by atoms with Gasteiger partial charge in [-0.3, -0.25) is 4.79 Å². The van der Waals surface area contributed by atoms with Crippen LogP contribution in [0.25, 0.3) is 0 Å². The molecule has 2 rings (SSSR count). The summed E-state index contributed by atoms with van der Waals surface area (Å²) in [6.07, 6.45) is 26.1. The quantitative estimate of drug-likeness (QED) is 0.0231. The molecule has 14 heteroatoms. The number of nitrogens with one attached hydrogen (secondary N) is 1. The Balaban J connectivity index is 1.85. The number of aliphatic hydroxyl groups excluding tert-OH is 8. The molecule has 2 saturated heterocycles. The maximum atomic E-state index is 13.2. The molecule has 14 nitrogen and oxygen atoms in total. The minimum Gasteiger partial charge on any atom is -0.394 e. The van der Waals surface area contributed by atoms with E-state index < -0.39 is 86.8 Å². The summed E-state index contributed by atoms with van der Waals surface area (Å²) >= 11 is 0. The molecule has 2 fully saturated rings. The minimum atomic E-state index is -1.79. The van der Waals surface area contributed by atoms with Gasteiger partial charge < -0.3 is 65.1 Å². The van der Waals surface area contributed by atoms with Gasteiger partial charge in [-0.1, -0.05) is 159 Å². The van der Waals surface area contributed by atoms with Gasteiger partial charge >= 0.3 is 0 Å². The maximum absolute atomic E-state index is 13.2. The highest BCUT2D eigenvalue weighted by molar-refractivity contribution is 5.76. The first-order chi connectivity index (χ1) is 31.6. The molecule has 0 aromatic heterocycles. The van der Waals surface area contributed by atoms with Gasteiger partial charge in [0.25, 0.3) is 0 Å². The number of carbonyl (C=O) groups is 1. The lowest BCUT2D eigenvalue weighted by Gasteiger charge is -2.46. The molecule has 12 atom stereocenters. The molecule has 1 amide bonds. The van der Waals surface area contributed by atoms with Gasteiger partial charge in [0.1, 0.15) is 48.8 Å². The van der Waals surface area contributed by atoms with E-state index in [0.717, 1.165) is 38.5 Å². The average molecular weight is 928 g/mol. The van der Waals surface area contributed by atoms with E-state index in [1.54, 1.807) is 6.08 Å². The summed E-state index contributed by atoms with van der Waals surface area (Å²) in [5.41, 5.74) is 0. The molecule has 0 aliphatic carbocycles. The van der Waals surface area contributed by atoms with Crippen molar-refractivity contribution in [3.63, 3.8) is 0 Å². The lowest BCUT2D eigenvalue weighted by Crippen LogP contribution is -2.65. The lowest BCUT2D eigenvalue weighted by atomic mass is 9.97. The SMILES string of the molecule is CCCCCCCCC/C=C\CCCCCCCCCC(=O)NC(COC1OC(CO)C(OC2OC(CO)C(O)C(O)C2O)C(O)C1O)C(O)/C=C/CC/C=C/CCCCCCCCC. The molecule has 0 spiro atoms. The van der Waals surface area contributed by atoms with Crippen LogP contribution in [0.3, 0.4) is 0 Å². The zero-order valence-corrected chi connectivity index (χ0v) is 40.2. The van der Waals surface area contributed by atoms with Crippen molar-refractivity contribution in [3.05, 3.63) is 36.5 Å². The number of unbranched alkanes of at least 4 members (excludes halogenated alkanes) is 22. The zero-order valence-electron chi connectivity index (χ0n) is 40.2. The fourth-order valence-corrected chi connectivity index (χ4v) is 8.30. The summed E-state index contributed by atoms with van der Waals surface area (Å²) in [4.78, 5) is 13.2. The number of amides is 1. The summed E-state index contributed by atoms with van der Waals surface area (Å²) in [6.45, 7) is 2.74. The van der Waals surface area contributed by atoms with Crippen molar-refractivity contribution in [1.82, 2.24) is 5.32 Å². The summed E-state index contributed by atoms with van der Waals surface area (Å²) in [6, 6.07) is -0.931. The molecule has 0 radical (unpaired) electrons. The van der Waals surface area contributed by atoms with Gasteiger partial charge in [-0.05, 0) is 57.8 Å². The molecule has 2 aliphatic rings. The van der Waals surface area contributed by atoms with Crippen LogP contribution in [-0.4, -0.2) is 140 Å². The molecule has 2 aliphatic heterocycles. The highest BCUT2D eigenvalue weighted by atomic mass is 16.7. The summed E-state index contributed by atoms with van der Waals surface area (Å²) in [5.74, 6) is -0.256. The van der Waals surface area contributed by atoms with Crippen molar-refractivity contribution >= 4 is 5.91 Å². The molecule has 380 valence electrons. The van der Waals surface area contributed by atoms with Crippen molar-refractivity contribution in [2.45, 2.75) is 261 Å². The number of hydrogen-bond donors (Lipinski definition) is 9. The van der Waals surface area contributed by atoms with Crippen LogP contribution in [0.4, 0.5) is 0 Å². The molecule has 65 heavy (non-hydrogen) atoms. The van der Waals surface area contributed by atoms with E-state index in [-0.39, 0.29) is 18.9 Å². The standard InChI is InChI=1S/C51H93NO13/c1-3-5-7-9-11-13-15-17-18-19-20-21-23-25-27-29-31-33-35-43(56)52-39(40(55)34-32-30-28-26-24-22-16-14-12-10-8-6-4-2)38-62-50-48(61)46(59)49(42(37-54)64-50)65-51-47(60)45(58)44(57)41(36-53)63-51/h18-19,24,26,32,34,39-42,44-51,53-55,57-61H,3-17,20-23,25,27-31,33,35-38H2,1-2H3,(H,52,56)/b19-18-,26-24+,34-32+. The van der Waals surface area contributed by atoms with E-state index >= 15 is 0 Å². The van der Waals surface area contributed by atoms with Crippen LogP contribution in [0.5, 0.6) is 0 Å². The predicted octanol–water partition coefficient (Wildman–Crippen LogP) is 6.71. The highest BCUT2D eigenvalue weighted by Crippen LogP contribution is 2.30. The highest BCUT2D eigenvalue weighted by Gasteiger charge is 2.51. The Morgan fingerprint density at radius 2 is 0.985 bits per heavy atom. The van der Waals surface area contributed by atoms with E-state index in [1.807, 2.05) is 6.08 Å². The molecule has 0 aromatic carbocycles. The Morgan fingerprint density at radius 3 is 1.51 bits per heavy atom. The lowest BCUT2D eigenvalue weighted by molar-refractivity contribution is -0.359. The van der Waals surface area contributed by atoms with Crippen LogP contribution < -0.4 is 5.32 Å². The fraction of sp³-hybridized carbons (Fsp3) is 0.863. The number of hydrogen-bond acceptors (Lipinski definition) is 13. The van der Waals surface area contributed by atoms with Crippen molar-refractivity contribution in [2.24, 2.45) is 0 Å². The van der Waals surface area contributed by atoms with Crippen molar-refractivity contribution < 1.29 is 64.6 Å². The second-order valence-corrected chi connectivity index (χ2v) is 18.3. The third-order valence-corrected chi connectivity index (χ3v) is 12.5. The Morgan fingerprint density at radius 1 is 0.538 bits per heavy atom. The van der Waals surface area contributed by atoms with Crippen molar-refractivity contribution in [1.29, 1.82) is 0 Å². The van der Waals surface area contributed by atoms with E-state index in [1.165, 1.54) is 116 Å². The first-order valence-corrected chi connectivity index (χ1v) is 25.7. The van der Waals surface area contributed by atoms with Gasteiger partial charge in [0.15, 0.2) is 12.6 Å². The molecule has 12 unspecified atom stereocenters. The molecule has 2 heterocycles. The average Bonchev–Trinajstić information content (AvgIpc) is 3.30. The topological polar surface area (TPSA) is 228 Å². The van der Waals surface area contributed by atoms with Gasteiger partial charge in [-0.15, -0.1) is 0 Å². The first-order valence-electron chi connectivity index (χ1n) is 25.7. The summed E-state index contributed by atoms with van der Waals surface area (Å²) < 4.78 is 22.7. The van der Waals surface area contributed by atoms with Gasteiger partial charge in [-0.2, -0.15) is 0 Å². The third-order valence-electron chi connectivity index (χ3n) is 12.5. The Hall–Kier alpha value is -1.79. The van der Waals surface area contributed by atoms with Crippen LogP contribution in [-0.2, 0) is 23.7 Å². The van der Waals surface area contributed by atoms with Gasteiger partial charge in [0, 0.05) is 6.42 Å². The Bertz CT molecular complexity index is 1230. The third kappa shape index (κ3) is 25.4. The van der Waals surface area contributed by atoms with Gasteiger partial charge in [-0.25, -0.2) is 0 Å². The van der Waals surface area contributed by atoms with Crippen LogP contribution in [0, 0.1) is 0 Å². The number of aliphatic hydroxyl groups is 8. The predicted molar refractivity (Wildman–Crippen MR) is 254 cm³/mol. The van der Waals surface area contributed by atoms with Crippen LogP contribution in [0.2, 0.25) is 0 Å². The molecule has 0 aromatic rings. The largest absolute Gasteiger partial charge is 0.394 e. The zero-order chi connectivity index (χ0) is 47.5. The maximum Gasteiger partial charge on any atom is 0.220 e. The van der Waals surface area contributed by atoms with Crippen LogP contribution >= 0.6 is 0 Å². The second kappa shape index (κ2) is 38.1. The van der Waals surface area contributed by atoms with Gasteiger partial charge in [0.05, 0.1) is 32.0 Å². The molecule has 0 saturated carbocycles. The summed E-state index contributed by atoms with van der Waals surface area (Å²) in [5, 5.41) is 86.7. The normalized spacial score (nSPS) is 27.3. The Kier molecular flexibility index (Phi) is 34.8. The molecular formula is C51H93NO13. The molecular weight excluding hydrogens is 835 g/mol. The minimum absolute atomic E-state index is 0.256. The number of ether oxygens (including phenoxy) is 4. The number of carbonyl (C=O) groups excluding carboxylic acids is 1. The molecule has 0 bridgehead atoms. The smallest absolute Gasteiger partial charge is 0.220 e. The number of allylic oxidation sites excluding steroid dienone is 5. The molecule has 9 N–H and O–H groups in total. The number of rotatable bonds is 39. The van der Waals surface area contributed by atoms with E-state index in [0.29, 0.717) is 12.8 Å². The van der Waals surface area contributed by atoms with Crippen LogP contribution in [0.15, 0.2) is 36.5 Å². The first kappa shape index (κ1) is 59.3. The van der Waals surface area contributed by atoms with E-state index in [2.05, 4.69) is 43.5 Å². The van der Waals surface area contributed by atoms with Gasteiger partial charge in [0.2, 0.25) is 5.91 Å². The second-order valence-electron chi connectivity index (χ2n) is 18.3.